The zero-order valence-electron chi connectivity index (χ0n) is 17.0. The lowest BCUT2D eigenvalue weighted by Crippen LogP contribution is -2.31. The number of benzene rings is 3. The van der Waals surface area contributed by atoms with Crippen LogP contribution in [-0.4, -0.2) is 32.4 Å². The summed E-state index contributed by atoms with van der Waals surface area (Å²) in [6.45, 7) is 0. The van der Waals surface area contributed by atoms with Crippen molar-refractivity contribution in [1.82, 2.24) is 9.55 Å². The maximum Gasteiger partial charge on any atom is 0.335 e. The lowest BCUT2D eigenvalue weighted by atomic mass is 9.84. The highest BCUT2D eigenvalue weighted by Gasteiger charge is 2.29. The fraction of sp³-hybridized carbons (Fsp3) is 0. The molecule has 8 heteroatoms. The van der Waals surface area contributed by atoms with Crippen molar-refractivity contribution in [1.29, 1.82) is 0 Å². The minimum atomic E-state index is -0.813. The average molecular weight is 437 g/mol. The zero-order chi connectivity index (χ0) is 23.1. The summed E-state index contributed by atoms with van der Waals surface area (Å²) < 4.78 is 0.953. The molecule has 4 aromatic rings. The van der Waals surface area contributed by atoms with Crippen LogP contribution in [0.4, 0.5) is 5.69 Å². The fourth-order valence-electron chi connectivity index (χ4n) is 3.78. The Morgan fingerprint density at radius 3 is 2.06 bits per heavy atom. The molecule has 0 unspecified atom stereocenters. The molecule has 1 aliphatic carbocycles. The maximum absolute atomic E-state index is 12.9. The molecule has 5 rings (SSSR count). The number of aromatic nitrogens is 2. The van der Waals surface area contributed by atoms with Gasteiger partial charge >= 0.3 is 5.69 Å². The summed E-state index contributed by atoms with van der Waals surface area (Å²) in [7, 11) is 0. The Kier molecular flexibility index (Phi) is 4.68. The van der Waals surface area contributed by atoms with E-state index < -0.39 is 17.1 Å². The molecule has 0 fully saturated rings. The number of H-pyrrole nitrogens is 1. The van der Waals surface area contributed by atoms with E-state index in [0.717, 1.165) is 10.8 Å². The number of para-hydroxylation sites is 1. The molecule has 33 heavy (non-hydrogen) atoms. The molecule has 0 atom stereocenters. The number of hydrogen-bond acceptors (Lipinski definition) is 6. The quantitative estimate of drug-likeness (QED) is 0.421. The van der Waals surface area contributed by atoms with Gasteiger partial charge in [-0.25, -0.2) is 9.36 Å². The molecule has 160 valence electrons. The lowest BCUT2D eigenvalue weighted by Gasteiger charge is -2.17. The Labute approximate surface area is 186 Å². The summed E-state index contributed by atoms with van der Waals surface area (Å²) in [5.41, 5.74) is -0.0244. The number of hydrogen-bond donors (Lipinski definition) is 2. The zero-order valence-corrected chi connectivity index (χ0v) is 17.0. The number of nitrogens with zero attached hydrogens (tertiary/aromatic N) is 2. The maximum atomic E-state index is 12.9. The molecule has 0 saturated heterocycles. The van der Waals surface area contributed by atoms with Gasteiger partial charge in [-0.2, -0.15) is 0 Å². The predicted octanol–water partition coefficient (Wildman–Crippen LogP) is 2.76. The Bertz CT molecular complexity index is 1600. The fourth-order valence-corrected chi connectivity index (χ4v) is 3.78. The SMILES string of the molecule is O=C1c2ccccc2C(=O)c2cc(N=Cc3c(O)n(-c4ccccc4)c(=O)[nH]c3=O)ccc21. The van der Waals surface area contributed by atoms with Gasteiger partial charge in [0.05, 0.1) is 11.4 Å². The number of rotatable bonds is 3. The first-order valence-electron chi connectivity index (χ1n) is 9.96. The number of aromatic hydroxyl groups is 1. The van der Waals surface area contributed by atoms with E-state index in [-0.39, 0.29) is 28.3 Å². The van der Waals surface area contributed by atoms with Crippen molar-refractivity contribution in [2.45, 2.75) is 0 Å². The first-order valence-corrected chi connectivity index (χ1v) is 9.96. The van der Waals surface area contributed by atoms with Gasteiger partial charge in [-0.3, -0.25) is 24.4 Å². The highest BCUT2D eigenvalue weighted by molar-refractivity contribution is 6.28. The van der Waals surface area contributed by atoms with Crippen LogP contribution >= 0.6 is 0 Å². The predicted molar refractivity (Wildman–Crippen MR) is 121 cm³/mol. The van der Waals surface area contributed by atoms with E-state index in [1.807, 2.05) is 0 Å². The molecule has 0 spiro atoms. The molecule has 3 aromatic carbocycles. The van der Waals surface area contributed by atoms with Crippen LogP contribution in [0.2, 0.25) is 0 Å². The lowest BCUT2D eigenvalue weighted by molar-refractivity contribution is 0.0979. The monoisotopic (exact) mass is 437 g/mol. The third kappa shape index (κ3) is 3.30. The van der Waals surface area contributed by atoms with Crippen molar-refractivity contribution in [3.05, 3.63) is 121 Å². The molecule has 0 bridgehead atoms. The van der Waals surface area contributed by atoms with Crippen molar-refractivity contribution in [3.63, 3.8) is 0 Å². The van der Waals surface area contributed by atoms with Crippen LogP contribution in [0.3, 0.4) is 0 Å². The van der Waals surface area contributed by atoms with Gasteiger partial charge in [0.2, 0.25) is 5.88 Å². The van der Waals surface area contributed by atoms with Crippen LogP contribution in [0.25, 0.3) is 5.69 Å². The molecule has 0 radical (unpaired) electrons. The van der Waals surface area contributed by atoms with Crippen molar-refractivity contribution < 1.29 is 14.7 Å². The highest BCUT2D eigenvalue weighted by atomic mass is 16.3. The van der Waals surface area contributed by atoms with E-state index in [9.17, 15) is 24.3 Å². The van der Waals surface area contributed by atoms with E-state index in [4.69, 9.17) is 0 Å². The van der Waals surface area contributed by atoms with Crippen molar-refractivity contribution in [3.8, 4) is 11.6 Å². The molecular formula is C25H15N3O5. The molecule has 1 aliphatic rings. The molecule has 2 N–H and O–H groups in total. The normalized spacial score (nSPS) is 12.6. The highest BCUT2D eigenvalue weighted by Crippen LogP contribution is 2.30. The summed E-state index contributed by atoms with van der Waals surface area (Å²) in [6, 6.07) is 19.4. The van der Waals surface area contributed by atoms with E-state index in [1.54, 1.807) is 54.6 Å². The minimum Gasteiger partial charge on any atom is -0.493 e. The van der Waals surface area contributed by atoms with Gasteiger partial charge in [0, 0.05) is 28.5 Å². The van der Waals surface area contributed by atoms with Crippen LogP contribution in [0, 0.1) is 0 Å². The van der Waals surface area contributed by atoms with Gasteiger partial charge in [0.1, 0.15) is 5.56 Å². The molecular weight excluding hydrogens is 422 g/mol. The Morgan fingerprint density at radius 1 is 0.758 bits per heavy atom. The van der Waals surface area contributed by atoms with E-state index in [1.165, 1.54) is 18.2 Å². The molecule has 8 nitrogen and oxygen atoms in total. The minimum absolute atomic E-state index is 0.209. The second kappa shape index (κ2) is 7.69. The number of carbonyl (C=O) groups is 2. The van der Waals surface area contributed by atoms with Crippen molar-refractivity contribution in [2.75, 3.05) is 0 Å². The summed E-state index contributed by atoms with van der Waals surface area (Å²) in [5, 5.41) is 10.6. The van der Waals surface area contributed by atoms with E-state index in [0.29, 0.717) is 22.5 Å². The summed E-state index contributed by atoms with van der Waals surface area (Å²) in [5.74, 6) is -1.12. The molecule has 0 aliphatic heterocycles. The van der Waals surface area contributed by atoms with Crippen LogP contribution in [-0.2, 0) is 0 Å². The van der Waals surface area contributed by atoms with Gasteiger partial charge in [-0.15, -0.1) is 0 Å². The molecule has 0 amide bonds. The largest absolute Gasteiger partial charge is 0.493 e. The summed E-state index contributed by atoms with van der Waals surface area (Å²) in [6.07, 6.45) is 1.11. The van der Waals surface area contributed by atoms with Gasteiger partial charge < -0.3 is 5.11 Å². The first-order chi connectivity index (χ1) is 16.0. The second-order valence-electron chi connectivity index (χ2n) is 7.36. The number of nitrogens with one attached hydrogen (secondary N) is 1. The van der Waals surface area contributed by atoms with Crippen molar-refractivity contribution >= 4 is 23.5 Å². The van der Waals surface area contributed by atoms with Crippen LogP contribution in [0.15, 0.2) is 87.4 Å². The Balaban J connectivity index is 1.57. The number of aromatic amines is 1. The molecule has 1 aromatic heterocycles. The van der Waals surface area contributed by atoms with Crippen LogP contribution < -0.4 is 11.2 Å². The van der Waals surface area contributed by atoms with Crippen LogP contribution in [0.1, 0.15) is 37.4 Å². The average Bonchev–Trinajstić information content (AvgIpc) is 2.83. The standard InChI is InChI=1S/C25H15N3O5/c29-21-16-8-4-5-9-17(16)22(30)19-12-14(10-11-18(19)21)26-13-20-23(31)27-25(33)28(24(20)32)15-6-2-1-3-7-15/h1-13,32H,(H,27,31,33). The number of fused-ring (bicyclic) bond motifs is 2. The smallest absolute Gasteiger partial charge is 0.335 e. The molecule has 1 heterocycles. The van der Waals surface area contributed by atoms with Gasteiger partial charge in [0.15, 0.2) is 11.6 Å². The number of carbonyl (C=O) groups excluding carboxylic acids is 2. The topological polar surface area (TPSA) is 122 Å². The van der Waals surface area contributed by atoms with E-state index in [2.05, 4.69) is 9.98 Å². The first kappa shape index (κ1) is 20.1. The van der Waals surface area contributed by atoms with Gasteiger partial charge in [-0.1, -0.05) is 42.5 Å². The Morgan fingerprint density at radius 2 is 1.36 bits per heavy atom. The van der Waals surface area contributed by atoms with Gasteiger partial charge in [-0.05, 0) is 30.3 Å². The van der Waals surface area contributed by atoms with Crippen molar-refractivity contribution in [2.24, 2.45) is 4.99 Å². The van der Waals surface area contributed by atoms with Gasteiger partial charge in [0.25, 0.3) is 5.56 Å². The third-order valence-corrected chi connectivity index (χ3v) is 5.39. The third-order valence-electron chi connectivity index (χ3n) is 5.39. The van der Waals surface area contributed by atoms with Crippen LogP contribution in [0.5, 0.6) is 5.88 Å². The van der Waals surface area contributed by atoms with E-state index >= 15 is 0 Å². The second-order valence-corrected chi connectivity index (χ2v) is 7.36. The summed E-state index contributed by atoms with van der Waals surface area (Å²) in [4.78, 5) is 56.5. The Hall–Kier alpha value is -4.85. The molecule has 0 saturated carbocycles. The number of aliphatic imine (C=N–C) groups is 1. The number of ketones is 2. The summed E-state index contributed by atoms with van der Waals surface area (Å²) >= 11 is 0.